The van der Waals surface area contributed by atoms with Crippen molar-refractivity contribution in [2.24, 2.45) is 5.10 Å². The Morgan fingerprint density at radius 2 is 1.96 bits per heavy atom. The Labute approximate surface area is 156 Å². The number of hydrogen-bond acceptors (Lipinski definition) is 4. The van der Waals surface area contributed by atoms with E-state index in [1.54, 1.807) is 11.3 Å². The van der Waals surface area contributed by atoms with Gasteiger partial charge in [-0.25, -0.2) is 4.98 Å². The molecule has 2 heterocycles. The van der Waals surface area contributed by atoms with Gasteiger partial charge in [0.1, 0.15) is 0 Å². The Balaban J connectivity index is 1.49. The Bertz CT molecular complexity index is 1000. The molecular weight excluding hydrogens is 431 g/mol. The normalized spacial score (nSPS) is 11.4. The van der Waals surface area contributed by atoms with Crippen LogP contribution in [0.2, 0.25) is 0 Å². The average Bonchev–Trinajstić information content (AvgIpc) is 3.23. The minimum atomic E-state index is 0.777. The van der Waals surface area contributed by atoms with Crippen molar-refractivity contribution in [3.63, 3.8) is 0 Å². The molecule has 2 aromatic heterocycles. The maximum Gasteiger partial charge on any atom is 0.203 e. The van der Waals surface area contributed by atoms with Gasteiger partial charge >= 0.3 is 0 Å². The first kappa shape index (κ1) is 15.3. The molecule has 6 heteroatoms. The standard InChI is InChI=1S/C18H13IN4S/c19-14-7-5-12(6-8-14)17-11-24-18(22-17)23-21-10-13-9-20-16-4-2-1-3-15(13)16/h1-11,20H,(H,22,23)/b21-10+. The predicted octanol–water partition coefficient (Wildman–Crippen LogP) is 5.34. The number of anilines is 1. The fourth-order valence-electron chi connectivity index (χ4n) is 2.44. The van der Waals surface area contributed by atoms with Gasteiger partial charge < -0.3 is 4.98 Å². The van der Waals surface area contributed by atoms with Gasteiger partial charge in [0.25, 0.3) is 0 Å². The Morgan fingerprint density at radius 3 is 2.83 bits per heavy atom. The van der Waals surface area contributed by atoms with Crippen molar-refractivity contribution in [3.05, 3.63) is 69.2 Å². The molecule has 0 bridgehead atoms. The molecule has 0 amide bonds. The largest absolute Gasteiger partial charge is 0.361 e. The average molecular weight is 444 g/mol. The number of benzene rings is 2. The van der Waals surface area contributed by atoms with Crippen molar-refractivity contribution in [1.82, 2.24) is 9.97 Å². The molecule has 4 rings (SSSR count). The number of aromatic nitrogens is 2. The third kappa shape index (κ3) is 3.20. The number of halogens is 1. The van der Waals surface area contributed by atoms with Crippen molar-refractivity contribution >= 4 is 56.2 Å². The maximum atomic E-state index is 4.57. The Morgan fingerprint density at radius 1 is 1.12 bits per heavy atom. The molecule has 24 heavy (non-hydrogen) atoms. The number of para-hydroxylation sites is 1. The summed E-state index contributed by atoms with van der Waals surface area (Å²) < 4.78 is 1.22. The summed E-state index contributed by atoms with van der Waals surface area (Å²) in [6.07, 6.45) is 3.76. The molecule has 0 unspecified atom stereocenters. The van der Waals surface area contributed by atoms with Crippen LogP contribution in [0.3, 0.4) is 0 Å². The number of nitrogens with zero attached hydrogens (tertiary/aromatic N) is 2. The highest BCUT2D eigenvalue weighted by Crippen LogP contribution is 2.25. The van der Waals surface area contributed by atoms with Gasteiger partial charge in [0.15, 0.2) is 0 Å². The maximum absolute atomic E-state index is 4.57. The van der Waals surface area contributed by atoms with E-state index in [9.17, 15) is 0 Å². The second-order valence-electron chi connectivity index (χ2n) is 5.20. The van der Waals surface area contributed by atoms with Crippen LogP contribution in [0.25, 0.3) is 22.2 Å². The lowest BCUT2D eigenvalue weighted by Crippen LogP contribution is -1.89. The van der Waals surface area contributed by atoms with Gasteiger partial charge in [-0.1, -0.05) is 30.3 Å². The van der Waals surface area contributed by atoms with Gasteiger partial charge in [0.2, 0.25) is 5.13 Å². The van der Waals surface area contributed by atoms with Crippen molar-refractivity contribution in [3.8, 4) is 11.3 Å². The highest BCUT2D eigenvalue weighted by Gasteiger charge is 2.04. The molecule has 0 saturated heterocycles. The number of hydrazone groups is 1. The summed E-state index contributed by atoms with van der Waals surface area (Å²) in [7, 11) is 0. The number of fused-ring (bicyclic) bond motifs is 1. The van der Waals surface area contributed by atoms with Crippen LogP contribution in [-0.2, 0) is 0 Å². The lowest BCUT2D eigenvalue weighted by atomic mass is 10.2. The van der Waals surface area contributed by atoms with Crippen molar-refractivity contribution in [1.29, 1.82) is 0 Å². The zero-order valence-electron chi connectivity index (χ0n) is 12.5. The molecule has 4 aromatic rings. The number of aromatic amines is 1. The van der Waals surface area contributed by atoms with E-state index in [2.05, 4.69) is 73.4 Å². The molecule has 0 saturated carbocycles. The van der Waals surface area contributed by atoms with E-state index in [-0.39, 0.29) is 0 Å². The van der Waals surface area contributed by atoms with Crippen molar-refractivity contribution in [2.75, 3.05) is 5.43 Å². The number of hydrogen-bond donors (Lipinski definition) is 2. The second-order valence-corrected chi connectivity index (χ2v) is 7.31. The fraction of sp³-hybridized carbons (Fsp3) is 0. The van der Waals surface area contributed by atoms with Crippen LogP contribution in [-0.4, -0.2) is 16.2 Å². The number of rotatable bonds is 4. The van der Waals surface area contributed by atoms with E-state index in [1.807, 2.05) is 36.0 Å². The van der Waals surface area contributed by atoms with Gasteiger partial charge in [-0.15, -0.1) is 11.3 Å². The van der Waals surface area contributed by atoms with Crippen LogP contribution in [0.15, 0.2) is 65.2 Å². The Hall–Kier alpha value is -2.19. The first-order valence-electron chi connectivity index (χ1n) is 7.36. The highest BCUT2D eigenvalue weighted by atomic mass is 127. The molecule has 0 atom stereocenters. The molecule has 0 fully saturated rings. The number of H-pyrrole nitrogens is 1. The van der Waals surface area contributed by atoms with Crippen LogP contribution < -0.4 is 5.43 Å². The summed E-state index contributed by atoms with van der Waals surface area (Å²) in [5.74, 6) is 0. The van der Waals surface area contributed by atoms with Crippen molar-refractivity contribution in [2.45, 2.75) is 0 Å². The quantitative estimate of drug-likeness (QED) is 0.254. The van der Waals surface area contributed by atoms with Crippen LogP contribution in [0, 0.1) is 3.57 Å². The van der Waals surface area contributed by atoms with E-state index in [0.717, 1.165) is 32.9 Å². The van der Waals surface area contributed by atoms with Crippen LogP contribution >= 0.6 is 33.9 Å². The topological polar surface area (TPSA) is 53.1 Å². The molecule has 2 N–H and O–H groups in total. The molecule has 0 aliphatic carbocycles. The summed E-state index contributed by atoms with van der Waals surface area (Å²) >= 11 is 3.84. The summed E-state index contributed by atoms with van der Waals surface area (Å²) in [5, 5.41) is 8.27. The lowest BCUT2D eigenvalue weighted by Gasteiger charge is -1.96. The van der Waals surface area contributed by atoms with Gasteiger partial charge in [-0.3, -0.25) is 5.43 Å². The Kier molecular flexibility index (Phi) is 4.31. The van der Waals surface area contributed by atoms with Crippen LogP contribution in [0.1, 0.15) is 5.56 Å². The molecular formula is C18H13IN4S. The second kappa shape index (κ2) is 6.74. The zero-order chi connectivity index (χ0) is 16.4. The van der Waals surface area contributed by atoms with E-state index < -0.39 is 0 Å². The third-order valence-corrected chi connectivity index (χ3v) is 5.10. The number of nitrogens with one attached hydrogen (secondary N) is 2. The van der Waals surface area contributed by atoms with Crippen LogP contribution in [0.4, 0.5) is 5.13 Å². The van der Waals surface area contributed by atoms with E-state index in [4.69, 9.17) is 0 Å². The predicted molar refractivity (Wildman–Crippen MR) is 110 cm³/mol. The summed E-state index contributed by atoms with van der Waals surface area (Å²) in [6.45, 7) is 0. The zero-order valence-corrected chi connectivity index (χ0v) is 15.5. The third-order valence-electron chi connectivity index (χ3n) is 3.63. The molecule has 0 radical (unpaired) electrons. The van der Waals surface area contributed by atoms with E-state index >= 15 is 0 Å². The first-order chi connectivity index (χ1) is 11.8. The monoisotopic (exact) mass is 444 g/mol. The van der Waals surface area contributed by atoms with Crippen molar-refractivity contribution < 1.29 is 0 Å². The molecule has 0 spiro atoms. The first-order valence-corrected chi connectivity index (χ1v) is 9.32. The van der Waals surface area contributed by atoms with Gasteiger partial charge in [0, 0.05) is 37.2 Å². The molecule has 0 aliphatic rings. The fourth-order valence-corrected chi connectivity index (χ4v) is 3.46. The van der Waals surface area contributed by atoms with Gasteiger partial charge in [-0.05, 0) is 40.8 Å². The minimum absolute atomic E-state index is 0.777. The molecule has 4 nitrogen and oxygen atoms in total. The summed E-state index contributed by atoms with van der Waals surface area (Å²) in [6, 6.07) is 16.5. The van der Waals surface area contributed by atoms with E-state index in [1.165, 1.54) is 3.57 Å². The number of thiazole rings is 1. The highest BCUT2D eigenvalue weighted by molar-refractivity contribution is 14.1. The van der Waals surface area contributed by atoms with Crippen LogP contribution in [0.5, 0.6) is 0 Å². The minimum Gasteiger partial charge on any atom is -0.361 e. The van der Waals surface area contributed by atoms with Gasteiger partial charge in [-0.2, -0.15) is 5.10 Å². The van der Waals surface area contributed by atoms with E-state index in [0.29, 0.717) is 0 Å². The lowest BCUT2D eigenvalue weighted by molar-refractivity contribution is 1.29. The summed E-state index contributed by atoms with van der Waals surface area (Å²) in [5.41, 5.74) is 7.24. The smallest absolute Gasteiger partial charge is 0.203 e. The molecule has 118 valence electrons. The molecule has 0 aliphatic heterocycles. The summed E-state index contributed by atoms with van der Waals surface area (Å²) in [4.78, 5) is 7.81. The molecule has 2 aromatic carbocycles. The van der Waals surface area contributed by atoms with Gasteiger partial charge in [0.05, 0.1) is 11.9 Å². The SMILES string of the molecule is Ic1ccc(-c2csc(N/N=C/c3c[nH]c4ccccc34)n2)cc1.